The van der Waals surface area contributed by atoms with E-state index < -0.39 is 24.0 Å². The van der Waals surface area contributed by atoms with Gasteiger partial charge in [0.15, 0.2) is 0 Å². The maximum atomic E-state index is 12.2. The number of aliphatic hydroxyl groups is 1. The Hall–Kier alpha value is -1.59. The molecule has 2 N–H and O–H groups in total. The highest BCUT2D eigenvalue weighted by Gasteiger charge is 2.40. The van der Waals surface area contributed by atoms with Crippen molar-refractivity contribution in [1.29, 1.82) is 0 Å². The molecule has 0 bridgehead atoms. The van der Waals surface area contributed by atoms with Crippen LogP contribution in [0.5, 0.6) is 0 Å². The van der Waals surface area contributed by atoms with Gasteiger partial charge >= 0.3 is 5.97 Å². The van der Waals surface area contributed by atoms with Crippen molar-refractivity contribution in [1.82, 2.24) is 4.90 Å². The highest BCUT2D eigenvalue weighted by atomic mass is 35.5. The Morgan fingerprint density at radius 2 is 2.24 bits per heavy atom. The van der Waals surface area contributed by atoms with Crippen molar-refractivity contribution in [3.05, 3.63) is 34.9 Å². The Kier molecular flexibility index (Phi) is 4.85. The summed E-state index contributed by atoms with van der Waals surface area (Å²) in [5, 5.41) is 19.5. The smallest absolute Gasteiger partial charge is 0.308 e. The molecule has 0 spiro atoms. The number of β-amino-alcohol motifs (C(OH)–C–C–N with tert-alkyl or cyclic N) is 1. The van der Waals surface area contributed by atoms with E-state index in [1.807, 2.05) is 0 Å². The second-order valence-electron chi connectivity index (χ2n) is 5.38. The number of nitrogens with zero attached hydrogens (tertiary/aromatic N) is 1. The lowest BCUT2D eigenvalue weighted by Gasteiger charge is -2.40. The zero-order chi connectivity index (χ0) is 15.6. The van der Waals surface area contributed by atoms with Gasteiger partial charge in [-0.25, -0.2) is 0 Å². The van der Waals surface area contributed by atoms with E-state index in [1.165, 1.54) is 4.90 Å². The van der Waals surface area contributed by atoms with E-state index in [2.05, 4.69) is 0 Å². The molecule has 3 unspecified atom stereocenters. The minimum atomic E-state index is -0.942. The third-order valence-electron chi connectivity index (χ3n) is 3.67. The van der Waals surface area contributed by atoms with Gasteiger partial charge in [0.2, 0.25) is 5.91 Å². The molecule has 5 nitrogen and oxygen atoms in total. The molecule has 0 saturated carbocycles. The number of carboxylic acids is 1. The third-order valence-corrected chi connectivity index (χ3v) is 3.91. The average Bonchev–Trinajstić information content (AvgIpc) is 2.40. The second-order valence-corrected chi connectivity index (χ2v) is 5.81. The van der Waals surface area contributed by atoms with Crippen LogP contribution in [0.4, 0.5) is 0 Å². The zero-order valence-corrected chi connectivity index (χ0v) is 12.5. The molecule has 2 rings (SSSR count). The van der Waals surface area contributed by atoms with E-state index in [4.69, 9.17) is 11.6 Å². The van der Waals surface area contributed by atoms with Crippen LogP contribution in [-0.2, 0) is 9.59 Å². The van der Waals surface area contributed by atoms with Crippen LogP contribution in [-0.4, -0.2) is 39.6 Å². The lowest BCUT2D eigenvalue weighted by molar-refractivity contribution is -0.153. The third kappa shape index (κ3) is 3.54. The number of likely N-dealkylation sites (tertiary alicyclic amines) is 1. The lowest BCUT2D eigenvalue weighted by Crippen LogP contribution is -2.47. The molecule has 0 aliphatic carbocycles. The molecule has 21 heavy (non-hydrogen) atoms. The van der Waals surface area contributed by atoms with Gasteiger partial charge in [-0.05, 0) is 31.0 Å². The Morgan fingerprint density at radius 3 is 2.81 bits per heavy atom. The number of halogens is 1. The lowest BCUT2D eigenvalue weighted by atomic mass is 9.84. The predicted molar refractivity (Wildman–Crippen MR) is 77.9 cm³/mol. The van der Waals surface area contributed by atoms with E-state index in [-0.39, 0.29) is 18.9 Å². The maximum Gasteiger partial charge on any atom is 0.308 e. The molecule has 1 aliphatic heterocycles. The number of benzene rings is 1. The fourth-order valence-electron chi connectivity index (χ4n) is 2.81. The van der Waals surface area contributed by atoms with Crippen LogP contribution in [0.15, 0.2) is 24.3 Å². The van der Waals surface area contributed by atoms with E-state index in [9.17, 15) is 19.8 Å². The summed E-state index contributed by atoms with van der Waals surface area (Å²) in [6.45, 7) is 1.69. The number of carbonyl (C=O) groups is 2. The fourth-order valence-corrected chi connectivity index (χ4v) is 3.01. The Morgan fingerprint density at radius 1 is 1.52 bits per heavy atom. The van der Waals surface area contributed by atoms with Crippen LogP contribution in [0.1, 0.15) is 31.4 Å². The Bertz CT molecular complexity index is 546. The number of rotatable bonds is 4. The zero-order valence-electron chi connectivity index (χ0n) is 11.7. The highest BCUT2D eigenvalue weighted by Crippen LogP contribution is 2.37. The van der Waals surface area contributed by atoms with Gasteiger partial charge in [0.05, 0.1) is 18.1 Å². The van der Waals surface area contributed by atoms with Crippen molar-refractivity contribution in [2.24, 2.45) is 5.92 Å². The van der Waals surface area contributed by atoms with Crippen LogP contribution in [0.3, 0.4) is 0 Å². The number of piperidine rings is 1. The topological polar surface area (TPSA) is 77.8 Å². The van der Waals surface area contributed by atoms with E-state index in [1.54, 1.807) is 31.2 Å². The molecular formula is C15H18ClNO4. The minimum Gasteiger partial charge on any atom is -0.481 e. The molecule has 1 heterocycles. The van der Waals surface area contributed by atoms with Crippen molar-refractivity contribution < 1.29 is 19.8 Å². The first-order chi connectivity index (χ1) is 9.90. The molecule has 0 aromatic heterocycles. The van der Waals surface area contributed by atoms with E-state index in [0.29, 0.717) is 17.0 Å². The molecule has 1 saturated heterocycles. The summed E-state index contributed by atoms with van der Waals surface area (Å²) in [4.78, 5) is 25.1. The summed E-state index contributed by atoms with van der Waals surface area (Å²) in [5.41, 5.74) is 0.684. The number of aliphatic carboxylic acids is 1. The first kappa shape index (κ1) is 15.8. The van der Waals surface area contributed by atoms with Gasteiger partial charge in [-0.3, -0.25) is 9.59 Å². The van der Waals surface area contributed by atoms with Crippen LogP contribution >= 0.6 is 11.6 Å². The number of aliphatic hydroxyl groups excluding tert-OH is 1. The molecule has 1 aromatic rings. The summed E-state index contributed by atoms with van der Waals surface area (Å²) >= 11 is 5.98. The average molecular weight is 312 g/mol. The standard InChI is InChI=1S/C15H18ClNO4/c1-9(18)8-17-13(19)6-5-12(15(20)21)14(17)10-3-2-4-11(16)7-10/h2-4,7,9,12,14,18H,5-6,8H2,1H3,(H,20,21). The minimum absolute atomic E-state index is 0.111. The fraction of sp³-hybridized carbons (Fsp3) is 0.467. The SMILES string of the molecule is CC(O)CN1C(=O)CCC(C(=O)O)C1c1cccc(Cl)c1. The van der Waals surface area contributed by atoms with Crippen molar-refractivity contribution in [3.8, 4) is 0 Å². The molecular weight excluding hydrogens is 294 g/mol. The van der Waals surface area contributed by atoms with Crippen molar-refractivity contribution in [3.63, 3.8) is 0 Å². The van der Waals surface area contributed by atoms with E-state index in [0.717, 1.165) is 0 Å². The summed E-state index contributed by atoms with van der Waals surface area (Å²) in [6, 6.07) is 6.27. The summed E-state index contributed by atoms with van der Waals surface area (Å²) in [7, 11) is 0. The molecule has 0 radical (unpaired) electrons. The number of hydrogen-bond donors (Lipinski definition) is 2. The number of carboxylic acid groups (broad SMARTS) is 1. The quantitative estimate of drug-likeness (QED) is 0.892. The van der Waals surface area contributed by atoms with Crippen LogP contribution < -0.4 is 0 Å². The van der Waals surface area contributed by atoms with Crippen molar-refractivity contribution in [2.45, 2.75) is 31.9 Å². The molecule has 1 fully saturated rings. The Labute approximate surface area is 128 Å². The van der Waals surface area contributed by atoms with Crippen LogP contribution in [0, 0.1) is 5.92 Å². The largest absolute Gasteiger partial charge is 0.481 e. The van der Waals surface area contributed by atoms with Gasteiger partial charge < -0.3 is 15.1 Å². The summed E-state index contributed by atoms with van der Waals surface area (Å²) < 4.78 is 0. The summed E-state index contributed by atoms with van der Waals surface area (Å²) in [5.74, 6) is -1.78. The summed E-state index contributed by atoms with van der Waals surface area (Å²) in [6.07, 6.45) is -0.245. The molecule has 114 valence electrons. The highest BCUT2D eigenvalue weighted by molar-refractivity contribution is 6.30. The first-order valence-corrected chi connectivity index (χ1v) is 7.23. The van der Waals surface area contributed by atoms with Gasteiger partial charge in [-0.15, -0.1) is 0 Å². The number of amides is 1. The molecule has 3 atom stereocenters. The molecule has 1 aromatic carbocycles. The number of carbonyl (C=O) groups excluding carboxylic acids is 1. The maximum absolute atomic E-state index is 12.2. The van der Waals surface area contributed by atoms with Crippen LogP contribution in [0.2, 0.25) is 5.02 Å². The second kappa shape index (κ2) is 6.45. The first-order valence-electron chi connectivity index (χ1n) is 6.86. The normalized spacial score (nSPS) is 24.0. The van der Waals surface area contributed by atoms with Crippen molar-refractivity contribution in [2.75, 3.05) is 6.54 Å². The Balaban J connectivity index is 2.43. The van der Waals surface area contributed by atoms with Gasteiger partial charge in [0, 0.05) is 18.0 Å². The van der Waals surface area contributed by atoms with Gasteiger partial charge in [-0.2, -0.15) is 0 Å². The van der Waals surface area contributed by atoms with Gasteiger partial charge in [-0.1, -0.05) is 23.7 Å². The number of hydrogen-bond acceptors (Lipinski definition) is 3. The van der Waals surface area contributed by atoms with Gasteiger partial charge in [0.25, 0.3) is 0 Å². The van der Waals surface area contributed by atoms with Crippen LogP contribution in [0.25, 0.3) is 0 Å². The molecule has 6 heteroatoms. The molecule has 1 aliphatic rings. The van der Waals surface area contributed by atoms with Crippen molar-refractivity contribution >= 4 is 23.5 Å². The monoisotopic (exact) mass is 311 g/mol. The van der Waals surface area contributed by atoms with E-state index >= 15 is 0 Å². The van der Waals surface area contributed by atoms with Gasteiger partial charge in [0.1, 0.15) is 0 Å². The molecule has 1 amide bonds. The predicted octanol–water partition coefficient (Wildman–Crippen LogP) is 2.09.